The summed E-state index contributed by atoms with van der Waals surface area (Å²) in [5.74, 6) is -1.09. The quantitative estimate of drug-likeness (QED) is 0.193. The zero-order chi connectivity index (χ0) is 31.6. The summed E-state index contributed by atoms with van der Waals surface area (Å²) in [4.78, 5) is 41.8. The third-order valence-corrected chi connectivity index (χ3v) is 8.23. The van der Waals surface area contributed by atoms with E-state index in [1.165, 1.54) is 22.8 Å². The fraction of sp³-hybridized carbons (Fsp3) is 0.147. The van der Waals surface area contributed by atoms with E-state index in [9.17, 15) is 27.4 Å². The molecular formula is C34H30N2O7S. The summed E-state index contributed by atoms with van der Waals surface area (Å²) < 4.78 is 42.6. The molecule has 1 aromatic heterocycles. The van der Waals surface area contributed by atoms with Crippen LogP contribution in [0.2, 0.25) is 0 Å². The minimum absolute atomic E-state index is 0.0613. The predicted molar refractivity (Wildman–Crippen MR) is 167 cm³/mol. The highest BCUT2D eigenvalue weighted by atomic mass is 32.2. The molecule has 0 bridgehead atoms. The number of esters is 1. The molecule has 0 saturated carbocycles. The molecular weight excluding hydrogens is 580 g/mol. The zero-order valence-electron chi connectivity index (χ0n) is 24.4. The Morgan fingerprint density at radius 1 is 0.818 bits per heavy atom. The van der Waals surface area contributed by atoms with E-state index in [4.69, 9.17) is 4.74 Å². The summed E-state index contributed by atoms with van der Waals surface area (Å²) in [6.45, 7) is 5.38. The van der Waals surface area contributed by atoms with Gasteiger partial charge in [-0.3, -0.25) is 13.9 Å². The van der Waals surface area contributed by atoms with Gasteiger partial charge in [-0.1, -0.05) is 84.4 Å². The molecule has 1 N–H and O–H groups in total. The van der Waals surface area contributed by atoms with Gasteiger partial charge in [0.1, 0.15) is 0 Å². The third-order valence-electron chi connectivity index (χ3n) is 7.27. The number of rotatable bonds is 8. The number of benzene rings is 4. The SMILES string of the molecule is Cc1cc(C)c(C(=O)Oc2c(Cc3ccccc3S(=O)(=O)O)c(=O)n(-c3ccccc3)c(=O)n2Cc2ccccc2)c(C)c1. The van der Waals surface area contributed by atoms with Crippen molar-refractivity contribution in [1.29, 1.82) is 0 Å². The Hall–Kier alpha value is -5.06. The highest BCUT2D eigenvalue weighted by molar-refractivity contribution is 7.85. The van der Waals surface area contributed by atoms with E-state index >= 15 is 0 Å². The lowest BCUT2D eigenvalue weighted by Crippen LogP contribution is -2.42. The molecule has 4 aromatic carbocycles. The normalized spacial score (nSPS) is 11.4. The molecule has 5 aromatic rings. The van der Waals surface area contributed by atoms with Gasteiger partial charge in [-0.25, -0.2) is 14.2 Å². The van der Waals surface area contributed by atoms with Gasteiger partial charge in [0.2, 0.25) is 5.88 Å². The van der Waals surface area contributed by atoms with Crippen molar-refractivity contribution < 1.29 is 22.5 Å². The van der Waals surface area contributed by atoms with Crippen LogP contribution in [0.4, 0.5) is 0 Å². The highest BCUT2D eigenvalue weighted by Gasteiger charge is 2.27. The molecule has 0 fully saturated rings. The van der Waals surface area contributed by atoms with Gasteiger partial charge in [-0.05, 0) is 61.2 Å². The van der Waals surface area contributed by atoms with E-state index in [1.807, 2.05) is 25.1 Å². The van der Waals surface area contributed by atoms with Crippen LogP contribution in [0.1, 0.15) is 43.7 Å². The molecule has 10 heteroatoms. The Kier molecular flexibility index (Phi) is 8.48. The number of carbonyl (C=O) groups excluding carboxylic acids is 1. The molecule has 224 valence electrons. The second-order valence-electron chi connectivity index (χ2n) is 10.5. The lowest BCUT2D eigenvalue weighted by molar-refractivity contribution is 0.0714. The summed E-state index contributed by atoms with van der Waals surface area (Å²) >= 11 is 0. The summed E-state index contributed by atoms with van der Waals surface area (Å²) in [7, 11) is -4.67. The van der Waals surface area contributed by atoms with E-state index in [0.29, 0.717) is 16.7 Å². The summed E-state index contributed by atoms with van der Waals surface area (Å²) in [5.41, 5.74) is 1.90. The van der Waals surface area contributed by atoms with E-state index in [0.717, 1.165) is 10.1 Å². The first-order valence-corrected chi connectivity index (χ1v) is 15.2. The summed E-state index contributed by atoms with van der Waals surface area (Å²) in [5, 5.41) is 0. The smallest absolute Gasteiger partial charge is 0.345 e. The average Bonchev–Trinajstić information content (AvgIpc) is 2.97. The molecule has 0 spiro atoms. The van der Waals surface area contributed by atoms with Crippen LogP contribution in [-0.4, -0.2) is 28.1 Å². The molecule has 0 aliphatic heterocycles. The minimum atomic E-state index is -4.67. The molecule has 0 radical (unpaired) electrons. The standard InChI is InChI=1S/C34H30N2O7S/c1-22-18-23(2)30(24(3)19-22)33(38)43-32-28(20-26-14-10-11-17-29(26)44(40,41)42)31(37)36(27-15-8-5-9-16-27)34(39)35(32)21-25-12-6-4-7-13-25/h4-19H,20-21H2,1-3H3,(H,40,41,42). The van der Waals surface area contributed by atoms with E-state index in [2.05, 4.69) is 0 Å². The van der Waals surface area contributed by atoms with Crippen molar-refractivity contribution in [2.24, 2.45) is 0 Å². The molecule has 1 heterocycles. The Morgan fingerprint density at radius 2 is 1.39 bits per heavy atom. The molecule has 0 atom stereocenters. The molecule has 44 heavy (non-hydrogen) atoms. The Morgan fingerprint density at radius 3 is 2.00 bits per heavy atom. The number of aromatic nitrogens is 2. The van der Waals surface area contributed by atoms with Gasteiger partial charge in [-0.15, -0.1) is 0 Å². The molecule has 0 saturated heterocycles. The highest BCUT2D eigenvalue weighted by Crippen LogP contribution is 2.26. The molecule has 5 rings (SSSR count). The van der Waals surface area contributed by atoms with Crippen molar-refractivity contribution in [3.63, 3.8) is 0 Å². The van der Waals surface area contributed by atoms with Crippen LogP contribution in [0.3, 0.4) is 0 Å². The monoisotopic (exact) mass is 610 g/mol. The number of nitrogens with zero attached hydrogens (tertiary/aromatic N) is 2. The van der Waals surface area contributed by atoms with Crippen LogP contribution in [0.15, 0.2) is 112 Å². The molecule has 0 aliphatic carbocycles. The van der Waals surface area contributed by atoms with Gasteiger partial charge in [0.05, 0.1) is 28.3 Å². The fourth-order valence-corrected chi connectivity index (χ4v) is 6.12. The van der Waals surface area contributed by atoms with Gasteiger partial charge >= 0.3 is 11.7 Å². The van der Waals surface area contributed by atoms with Crippen LogP contribution in [0.25, 0.3) is 5.69 Å². The lowest BCUT2D eigenvalue weighted by Gasteiger charge is -2.20. The number of hydrogen-bond acceptors (Lipinski definition) is 6. The maximum Gasteiger partial charge on any atom is 0.345 e. The molecule has 0 aliphatic rings. The van der Waals surface area contributed by atoms with E-state index in [-0.39, 0.29) is 41.2 Å². The van der Waals surface area contributed by atoms with Crippen molar-refractivity contribution in [2.45, 2.75) is 38.6 Å². The molecule has 0 amide bonds. The van der Waals surface area contributed by atoms with Gasteiger partial charge in [0.25, 0.3) is 15.7 Å². The van der Waals surface area contributed by atoms with Crippen molar-refractivity contribution >= 4 is 16.1 Å². The van der Waals surface area contributed by atoms with Crippen LogP contribution in [0.5, 0.6) is 5.88 Å². The first-order valence-electron chi connectivity index (χ1n) is 13.8. The zero-order valence-corrected chi connectivity index (χ0v) is 25.2. The van der Waals surface area contributed by atoms with Crippen molar-refractivity contribution in [3.8, 4) is 11.6 Å². The van der Waals surface area contributed by atoms with E-state index in [1.54, 1.807) is 74.5 Å². The Bertz CT molecular complexity index is 2080. The van der Waals surface area contributed by atoms with Gasteiger partial charge in [0.15, 0.2) is 0 Å². The van der Waals surface area contributed by atoms with Gasteiger partial charge in [0, 0.05) is 6.42 Å². The molecule has 0 unspecified atom stereocenters. The maximum atomic E-state index is 14.2. The third kappa shape index (κ3) is 6.17. The second kappa shape index (κ2) is 12.3. The van der Waals surface area contributed by atoms with Crippen molar-refractivity contribution in [3.05, 3.63) is 157 Å². The van der Waals surface area contributed by atoms with Crippen LogP contribution < -0.4 is 16.0 Å². The van der Waals surface area contributed by atoms with Crippen molar-refractivity contribution in [1.82, 2.24) is 9.13 Å². The van der Waals surface area contributed by atoms with E-state index < -0.39 is 32.2 Å². The van der Waals surface area contributed by atoms with Gasteiger partial charge < -0.3 is 4.74 Å². The second-order valence-corrected chi connectivity index (χ2v) is 11.9. The van der Waals surface area contributed by atoms with Crippen LogP contribution in [-0.2, 0) is 23.1 Å². The van der Waals surface area contributed by atoms with Crippen LogP contribution in [0, 0.1) is 20.8 Å². The Balaban J connectivity index is 1.82. The van der Waals surface area contributed by atoms with Gasteiger partial charge in [-0.2, -0.15) is 8.42 Å². The summed E-state index contributed by atoms with van der Waals surface area (Å²) in [6, 6.07) is 26.6. The predicted octanol–water partition coefficient (Wildman–Crippen LogP) is 5.03. The maximum absolute atomic E-state index is 14.2. The Labute approximate surface area is 254 Å². The number of carbonyl (C=O) groups is 1. The largest absolute Gasteiger partial charge is 0.405 e. The lowest BCUT2D eigenvalue weighted by atomic mass is 10.00. The van der Waals surface area contributed by atoms with Crippen LogP contribution >= 0.6 is 0 Å². The number of aryl methyl sites for hydroxylation is 3. The fourth-order valence-electron chi connectivity index (χ4n) is 5.39. The van der Waals surface area contributed by atoms with Crippen molar-refractivity contribution in [2.75, 3.05) is 0 Å². The molecule has 9 nitrogen and oxygen atoms in total. The number of hydrogen-bond donors (Lipinski definition) is 1. The summed E-state index contributed by atoms with van der Waals surface area (Å²) in [6.07, 6.45) is -0.370. The number of ether oxygens (including phenoxy) is 1. The topological polar surface area (TPSA) is 125 Å². The average molecular weight is 611 g/mol. The number of para-hydroxylation sites is 1. The first kappa shape index (κ1) is 30.4. The first-order chi connectivity index (χ1) is 21.0. The minimum Gasteiger partial charge on any atom is -0.405 e.